The molecule has 2 aromatic rings. The van der Waals surface area contributed by atoms with Crippen LogP contribution in [0.3, 0.4) is 0 Å². The second-order valence-corrected chi connectivity index (χ2v) is 3.17. The number of rotatable bonds is 2. The number of aromatic nitrogens is 1. The highest BCUT2D eigenvalue weighted by Crippen LogP contribution is 2.23. The molecule has 6 nitrogen and oxygen atoms in total. The molecule has 16 heavy (non-hydrogen) atoms. The van der Waals surface area contributed by atoms with E-state index in [2.05, 4.69) is 10.5 Å². The largest absolute Gasteiger partial charge is 0.465 e. The zero-order valence-corrected chi connectivity index (χ0v) is 8.03. The van der Waals surface area contributed by atoms with E-state index >= 15 is 0 Å². The zero-order chi connectivity index (χ0) is 11.7. The molecule has 0 spiro atoms. The first-order valence-corrected chi connectivity index (χ1v) is 4.38. The Hall–Kier alpha value is -2.31. The van der Waals surface area contributed by atoms with Crippen molar-refractivity contribution in [2.24, 2.45) is 0 Å². The summed E-state index contributed by atoms with van der Waals surface area (Å²) in [4.78, 5) is 10.3. The Kier molecular flexibility index (Phi) is 2.35. The summed E-state index contributed by atoms with van der Waals surface area (Å²) in [6.07, 6.45) is -1.23. The van der Waals surface area contributed by atoms with E-state index in [4.69, 9.17) is 15.4 Å². The standard InChI is InChI=1S/C9H8FN3O3/c10-6-2-5-7(16-13-8(5)11)1-4(6)3-12-9(14)15/h1-2,12H,3H2,(H2,11,13)(H,14,15). The molecular formula is C9H8FN3O3. The second-order valence-electron chi connectivity index (χ2n) is 3.17. The van der Waals surface area contributed by atoms with Gasteiger partial charge in [0.1, 0.15) is 5.82 Å². The van der Waals surface area contributed by atoms with Gasteiger partial charge < -0.3 is 20.7 Å². The van der Waals surface area contributed by atoms with Gasteiger partial charge in [0.05, 0.1) is 5.39 Å². The molecule has 0 saturated carbocycles. The van der Waals surface area contributed by atoms with E-state index in [0.717, 1.165) is 0 Å². The molecule has 1 aromatic carbocycles. The van der Waals surface area contributed by atoms with Crippen LogP contribution in [0.15, 0.2) is 16.7 Å². The van der Waals surface area contributed by atoms with Crippen molar-refractivity contribution in [3.05, 3.63) is 23.5 Å². The first-order chi connectivity index (χ1) is 7.58. The number of nitrogens with one attached hydrogen (secondary N) is 1. The number of carboxylic acid groups (broad SMARTS) is 1. The van der Waals surface area contributed by atoms with Gasteiger partial charge in [0.2, 0.25) is 0 Å². The average Bonchev–Trinajstić information content (AvgIpc) is 2.57. The number of amides is 1. The monoisotopic (exact) mass is 225 g/mol. The minimum absolute atomic E-state index is 0.103. The van der Waals surface area contributed by atoms with Gasteiger partial charge in [0.15, 0.2) is 11.4 Å². The third kappa shape index (κ3) is 1.74. The number of halogens is 1. The van der Waals surface area contributed by atoms with Crippen LogP contribution in [0.5, 0.6) is 0 Å². The Labute approximate surface area is 88.8 Å². The highest BCUT2D eigenvalue weighted by molar-refractivity contribution is 5.87. The molecule has 1 heterocycles. The van der Waals surface area contributed by atoms with Gasteiger partial charge in [-0.2, -0.15) is 0 Å². The van der Waals surface area contributed by atoms with Gasteiger partial charge in [-0.25, -0.2) is 9.18 Å². The van der Waals surface area contributed by atoms with Crippen LogP contribution in [0.1, 0.15) is 5.56 Å². The molecule has 0 bridgehead atoms. The van der Waals surface area contributed by atoms with E-state index in [1.165, 1.54) is 12.1 Å². The fourth-order valence-corrected chi connectivity index (χ4v) is 1.33. The average molecular weight is 225 g/mol. The molecule has 0 atom stereocenters. The van der Waals surface area contributed by atoms with Gasteiger partial charge in [0, 0.05) is 12.1 Å². The highest BCUT2D eigenvalue weighted by atomic mass is 19.1. The summed E-state index contributed by atoms with van der Waals surface area (Å²) < 4.78 is 18.3. The Morgan fingerprint density at radius 3 is 3.06 bits per heavy atom. The van der Waals surface area contributed by atoms with Crippen LogP contribution in [-0.2, 0) is 6.54 Å². The van der Waals surface area contributed by atoms with Gasteiger partial charge >= 0.3 is 6.09 Å². The Balaban J connectivity index is 2.39. The van der Waals surface area contributed by atoms with Crippen molar-refractivity contribution in [1.82, 2.24) is 10.5 Å². The summed E-state index contributed by atoms with van der Waals surface area (Å²) in [5.74, 6) is -0.456. The minimum atomic E-state index is -1.23. The number of nitrogens with zero attached hydrogens (tertiary/aromatic N) is 1. The number of nitrogens with two attached hydrogens (primary N) is 1. The Morgan fingerprint density at radius 1 is 1.62 bits per heavy atom. The van der Waals surface area contributed by atoms with Crippen molar-refractivity contribution in [2.75, 3.05) is 5.73 Å². The maximum Gasteiger partial charge on any atom is 0.404 e. The van der Waals surface area contributed by atoms with Crippen molar-refractivity contribution in [3.8, 4) is 0 Å². The van der Waals surface area contributed by atoms with Crippen molar-refractivity contribution in [1.29, 1.82) is 0 Å². The molecule has 84 valence electrons. The molecule has 2 rings (SSSR count). The van der Waals surface area contributed by atoms with Crippen molar-refractivity contribution in [2.45, 2.75) is 6.54 Å². The molecule has 7 heteroatoms. The fraction of sp³-hybridized carbons (Fsp3) is 0.111. The molecule has 0 aliphatic heterocycles. The van der Waals surface area contributed by atoms with Crippen LogP contribution in [-0.4, -0.2) is 16.4 Å². The minimum Gasteiger partial charge on any atom is -0.465 e. The van der Waals surface area contributed by atoms with Crippen molar-refractivity contribution < 1.29 is 18.8 Å². The van der Waals surface area contributed by atoms with E-state index < -0.39 is 11.9 Å². The van der Waals surface area contributed by atoms with Gasteiger partial charge in [-0.15, -0.1) is 0 Å². The maximum absolute atomic E-state index is 13.5. The third-order valence-corrected chi connectivity index (χ3v) is 2.10. The van der Waals surface area contributed by atoms with Crippen molar-refractivity contribution >= 4 is 22.9 Å². The molecule has 0 radical (unpaired) electrons. The molecule has 0 unspecified atom stereocenters. The van der Waals surface area contributed by atoms with Crippen LogP contribution >= 0.6 is 0 Å². The molecular weight excluding hydrogens is 217 g/mol. The lowest BCUT2D eigenvalue weighted by Gasteiger charge is -2.02. The zero-order valence-electron chi connectivity index (χ0n) is 8.03. The smallest absolute Gasteiger partial charge is 0.404 e. The van der Waals surface area contributed by atoms with Gasteiger partial charge in [0.25, 0.3) is 0 Å². The van der Waals surface area contributed by atoms with Gasteiger partial charge in [-0.3, -0.25) is 0 Å². The Bertz CT molecular complexity index is 552. The number of fused-ring (bicyclic) bond motifs is 1. The first-order valence-electron chi connectivity index (χ1n) is 4.38. The number of hydrogen-bond acceptors (Lipinski definition) is 4. The number of nitrogen functional groups attached to an aromatic ring is 1. The van der Waals surface area contributed by atoms with Crippen LogP contribution in [0.2, 0.25) is 0 Å². The van der Waals surface area contributed by atoms with Crippen molar-refractivity contribution in [3.63, 3.8) is 0 Å². The molecule has 4 N–H and O–H groups in total. The summed E-state index contributed by atoms with van der Waals surface area (Å²) in [5.41, 5.74) is 5.93. The van der Waals surface area contributed by atoms with Crippen LogP contribution < -0.4 is 11.1 Å². The second kappa shape index (κ2) is 3.69. The summed E-state index contributed by atoms with van der Waals surface area (Å²) in [6, 6.07) is 2.53. The number of anilines is 1. The fourth-order valence-electron chi connectivity index (χ4n) is 1.33. The quantitative estimate of drug-likeness (QED) is 0.715. The molecule has 1 amide bonds. The number of benzene rings is 1. The lowest BCUT2D eigenvalue weighted by molar-refractivity contribution is 0.194. The molecule has 0 aliphatic carbocycles. The topological polar surface area (TPSA) is 101 Å². The van der Waals surface area contributed by atoms with E-state index in [1.807, 2.05) is 0 Å². The molecule has 0 fully saturated rings. The molecule has 1 aromatic heterocycles. The van der Waals surface area contributed by atoms with E-state index in [1.54, 1.807) is 0 Å². The summed E-state index contributed by atoms with van der Waals surface area (Å²) in [5, 5.41) is 14.3. The maximum atomic E-state index is 13.5. The lowest BCUT2D eigenvalue weighted by atomic mass is 10.1. The van der Waals surface area contributed by atoms with Crippen LogP contribution in [0.25, 0.3) is 11.0 Å². The summed E-state index contributed by atoms with van der Waals surface area (Å²) >= 11 is 0. The van der Waals surface area contributed by atoms with Crippen LogP contribution in [0, 0.1) is 5.82 Å². The SMILES string of the molecule is Nc1noc2cc(CNC(=O)O)c(F)cc12. The summed E-state index contributed by atoms with van der Waals surface area (Å²) in [6.45, 7) is -0.141. The third-order valence-electron chi connectivity index (χ3n) is 2.10. The Morgan fingerprint density at radius 2 is 2.38 bits per heavy atom. The van der Waals surface area contributed by atoms with Gasteiger partial charge in [-0.1, -0.05) is 5.16 Å². The predicted octanol–water partition coefficient (Wildman–Crippen LogP) is 1.32. The highest BCUT2D eigenvalue weighted by Gasteiger charge is 2.11. The molecule has 0 aliphatic rings. The normalized spacial score (nSPS) is 10.6. The van der Waals surface area contributed by atoms with Crippen LogP contribution in [0.4, 0.5) is 15.0 Å². The molecule has 0 saturated heterocycles. The lowest BCUT2D eigenvalue weighted by Crippen LogP contribution is -2.20. The first kappa shape index (κ1) is 10.2. The van der Waals surface area contributed by atoms with E-state index in [-0.39, 0.29) is 17.9 Å². The summed E-state index contributed by atoms with van der Waals surface area (Å²) in [7, 11) is 0. The van der Waals surface area contributed by atoms with Gasteiger partial charge in [-0.05, 0) is 12.1 Å². The van der Waals surface area contributed by atoms with E-state index in [0.29, 0.717) is 11.0 Å². The number of hydrogen-bond donors (Lipinski definition) is 3. The predicted molar refractivity (Wildman–Crippen MR) is 53.2 cm³/mol. The number of carbonyl (C=O) groups is 1. The van der Waals surface area contributed by atoms with E-state index in [9.17, 15) is 9.18 Å².